The minimum atomic E-state index is 0.995. The third kappa shape index (κ3) is 5.61. The van der Waals surface area contributed by atoms with Gasteiger partial charge in [-0.1, -0.05) is 30.8 Å². The highest BCUT2D eigenvalue weighted by Gasteiger charge is 1.95. The van der Waals surface area contributed by atoms with Crippen LogP contribution in [0.5, 0.6) is 0 Å². The van der Waals surface area contributed by atoms with Crippen LogP contribution in [0.3, 0.4) is 0 Å². The van der Waals surface area contributed by atoms with Gasteiger partial charge >= 0.3 is 0 Å². The molecule has 0 unspecified atom stereocenters. The van der Waals surface area contributed by atoms with Gasteiger partial charge in [-0.2, -0.15) is 0 Å². The monoisotopic (exact) mass is 266 g/mol. The van der Waals surface area contributed by atoms with Gasteiger partial charge in [0.15, 0.2) is 0 Å². The lowest BCUT2D eigenvalue weighted by atomic mass is 10.2. The van der Waals surface area contributed by atoms with Crippen LogP contribution in [0.1, 0.15) is 25.1 Å². The Morgan fingerprint density at radius 3 is 2.10 bits per heavy atom. The Kier molecular flexibility index (Phi) is 6.38. The molecule has 0 amide bonds. The van der Waals surface area contributed by atoms with Gasteiger partial charge in [-0.15, -0.1) is 0 Å². The van der Waals surface area contributed by atoms with Gasteiger partial charge in [-0.05, 0) is 57.0 Å². The van der Waals surface area contributed by atoms with E-state index >= 15 is 0 Å². The maximum absolute atomic E-state index is 4.48. The molecule has 0 spiro atoms. The van der Waals surface area contributed by atoms with Crippen LogP contribution in [0.25, 0.3) is 0 Å². The third-order valence-electron chi connectivity index (χ3n) is 2.83. The number of aryl methyl sites for hydroxylation is 2. The fourth-order valence-corrected chi connectivity index (χ4v) is 1.41. The molecule has 20 heavy (non-hydrogen) atoms. The van der Waals surface area contributed by atoms with Crippen LogP contribution >= 0.6 is 0 Å². The Morgan fingerprint density at radius 1 is 1.00 bits per heavy atom. The average molecular weight is 266 g/mol. The van der Waals surface area contributed by atoms with E-state index in [1.807, 2.05) is 57.2 Å². The highest BCUT2D eigenvalue weighted by molar-refractivity contribution is 5.98. The van der Waals surface area contributed by atoms with E-state index in [0.717, 1.165) is 22.7 Å². The van der Waals surface area contributed by atoms with Crippen molar-refractivity contribution in [1.82, 2.24) is 4.98 Å². The number of nitrogens with zero attached hydrogens (tertiary/aromatic N) is 2. The molecule has 0 aliphatic heterocycles. The van der Waals surface area contributed by atoms with E-state index < -0.39 is 0 Å². The van der Waals surface area contributed by atoms with Gasteiger partial charge in [0, 0.05) is 17.6 Å². The van der Waals surface area contributed by atoms with Crippen LogP contribution in [0.2, 0.25) is 0 Å². The molecule has 0 fully saturated rings. The fourth-order valence-electron chi connectivity index (χ4n) is 1.41. The van der Waals surface area contributed by atoms with Crippen molar-refractivity contribution in [2.24, 2.45) is 4.99 Å². The van der Waals surface area contributed by atoms with Crippen LogP contribution in [-0.4, -0.2) is 10.7 Å². The molecule has 0 saturated carbocycles. The van der Waals surface area contributed by atoms with Gasteiger partial charge in [-0.3, -0.25) is 9.98 Å². The molecular weight excluding hydrogens is 244 g/mol. The van der Waals surface area contributed by atoms with Crippen LogP contribution in [0.15, 0.2) is 65.8 Å². The van der Waals surface area contributed by atoms with Crippen LogP contribution < -0.4 is 0 Å². The normalized spacial score (nSPS) is 10.5. The summed E-state index contributed by atoms with van der Waals surface area (Å²) >= 11 is 0. The lowest BCUT2D eigenvalue weighted by Crippen LogP contribution is -1.90. The number of allylic oxidation sites excluding steroid dienone is 1. The second-order valence-electron chi connectivity index (χ2n) is 4.74. The van der Waals surface area contributed by atoms with E-state index in [1.165, 1.54) is 5.56 Å². The van der Waals surface area contributed by atoms with E-state index in [9.17, 15) is 0 Å². The van der Waals surface area contributed by atoms with Gasteiger partial charge in [0.2, 0.25) is 0 Å². The molecule has 0 aliphatic rings. The van der Waals surface area contributed by atoms with Crippen molar-refractivity contribution < 1.29 is 0 Å². The van der Waals surface area contributed by atoms with Crippen molar-refractivity contribution in [2.75, 3.05) is 0 Å². The number of pyridine rings is 1. The number of aromatic nitrogens is 1. The summed E-state index contributed by atoms with van der Waals surface area (Å²) in [7, 11) is 0. The highest BCUT2D eigenvalue weighted by Crippen LogP contribution is 2.18. The lowest BCUT2D eigenvalue weighted by molar-refractivity contribution is 1.20. The predicted molar refractivity (Wildman–Crippen MR) is 87.7 cm³/mol. The summed E-state index contributed by atoms with van der Waals surface area (Å²) in [5.74, 6) is 0. The summed E-state index contributed by atoms with van der Waals surface area (Å²) < 4.78 is 0. The van der Waals surface area contributed by atoms with E-state index in [1.54, 1.807) is 6.20 Å². The molecule has 0 atom stereocenters. The summed E-state index contributed by atoms with van der Waals surface area (Å²) in [5, 5.41) is 0. The fraction of sp³-hybridized carbons (Fsp3) is 0.222. The maximum Gasteiger partial charge on any atom is 0.0662 e. The molecule has 2 nitrogen and oxygen atoms in total. The number of aliphatic imine (C=N–C) groups is 1. The average Bonchev–Trinajstić information content (AvgIpc) is 2.43. The SMILES string of the molecule is C=C(C)C(C)=Nc1ccccc1C.Cc1ccccn1. The topological polar surface area (TPSA) is 25.2 Å². The molecule has 0 N–H and O–H groups in total. The molecular formula is C18H22N2. The summed E-state index contributed by atoms with van der Waals surface area (Å²) in [6, 6.07) is 13.9. The second kappa shape index (κ2) is 8.05. The summed E-state index contributed by atoms with van der Waals surface area (Å²) in [5.41, 5.74) is 5.31. The first-order valence-electron chi connectivity index (χ1n) is 6.65. The number of hydrogen-bond acceptors (Lipinski definition) is 2. The molecule has 1 aromatic heterocycles. The second-order valence-corrected chi connectivity index (χ2v) is 4.74. The Balaban J connectivity index is 0.000000240. The van der Waals surface area contributed by atoms with E-state index in [4.69, 9.17) is 0 Å². The van der Waals surface area contributed by atoms with Gasteiger partial charge in [-0.25, -0.2) is 0 Å². The maximum atomic E-state index is 4.48. The summed E-state index contributed by atoms with van der Waals surface area (Å²) in [6.07, 6.45) is 1.79. The third-order valence-corrected chi connectivity index (χ3v) is 2.83. The van der Waals surface area contributed by atoms with E-state index in [-0.39, 0.29) is 0 Å². The van der Waals surface area contributed by atoms with Gasteiger partial charge in [0.25, 0.3) is 0 Å². The van der Waals surface area contributed by atoms with Crippen molar-refractivity contribution in [1.29, 1.82) is 0 Å². The molecule has 0 saturated heterocycles. The number of para-hydroxylation sites is 1. The van der Waals surface area contributed by atoms with Crippen LogP contribution in [0.4, 0.5) is 5.69 Å². The zero-order valence-corrected chi connectivity index (χ0v) is 12.7. The molecule has 0 radical (unpaired) electrons. The van der Waals surface area contributed by atoms with Crippen molar-refractivity contribution in [3.8, 4) is 0 Å². The van der Waals surface area contributed by atoms with Gasteiger partial charge in [0.05, 0.1) is 5.69 Å². The molecule has 2 aromatic rings. The van der Waals surface area contributed by atoms with Gasteiger partial charge in [0.1, 0.15) is 0 Å². The Bertz CT molecular complexity index is 583. The zero-order chi connectivity index (χ0) is 15.0. The van der Waals surface area contributed by atoms with Crippen LogP contribution in [-0.2, 0) is 0 Å². The Morgan fingerprint density at radius 2 is 1.65 bits per heavy atom. The molecule has 0 bridgehead atoms. The summed E-state index contributed by atoms with van der Waals surface area (Å²) in [6.45, 7) is 11.8. The smallest absolute Gasteiger partial charge is 0.0662 e. The van der Waals surface area contributed by atoms with E-state index in [0.29, 0.717) is 0 Å². The van der Waals surface area contributed by atoms with Crippen molar-refractivity contribution in [3.63, 3.8) is 0 Å². The first-order valence-corrected chi connectivity index (χ1v) is 6.65. The lowest BCUT2D eigenvalue weighted by Gasteiger charge is -2.01. The largest absolute Gasteiger partial charge is 0.262 e. The standard InChI is InChI=1S/C12H15N.C6H7N/c1-9(2)11(4)13-12-8-6-5-7-10(12)3;1-6-4-2-3-5-7-6/h5-8H,1H2,2-4H3;2-5H,1H3. The van der Waals surface area contributed by atoms with Crippen molar-refractivity contribution in [3.05, 3.63) is 72.1 Å². The minimum absolute atomic E-state index is 0.995. The Hall–Kier alpha value is -2.22. The van der Waals surface area contributed by atoms with Gasteiger partial charge < -0.3 is 0 Å². The minimum Gasteiger partial charge on any atom is -0.262 e. The first kappa shape index (κ1) is 15.8. The number of benzene rings is 1. The number of rotatable bonds is 2. The molecule has 1 heterocycles. The highest BCUT2D eigenvalue weighted by atomic mass is 14.7. The number of hydrogen-bond donors (Lipinski definition) is 0. The molecule has 2 rings (SSSR count). The predicted octanol–water partition coefficient (Wildman–Crippen LogP) is 5.05. The first-order chi connectivity index (χ1) is 9.50. The van der Waals surface area contributed by atoms with Crippen molar-refractivity contribution >= 4 is 11.4 Å². The van der Waals surface area contributed by atoms with E-state index in [2.05, 4.69) is 29.5 Å². The molecule has 0 aliphatic carbocycles. The molecule has 2 heteroatoms. The quantitative estimate of drug-likeness (QED) is 0.698. The van der Waals surface area contributed by atoms with Crippen LogP contribution in [0, 0.1) is 13.8 Å². The zero-order valence-electron chi connectivity index (χ0n) is 12.7. The Labute approximate surface area is 121 Å². The van der Waals surface area contributed by atoms with Crippen molar-refractivity contribution in [2.45, 2.75) is 27.7 Å². The molecule has 1 aromatic carbocycles. The summed E-state index contributed by atoms with van der Waals surface area (Å²) in [4.78, 5) is 8.45. The molecule has 104 valence electrons.